The molecular formula is C10H10FNO4. The molecule has 0 aromatic heterocycles. The Balaban J connectivity index is 2.99. The van der Waals surface area contributed by atoms with Crippen LogP contribution >= 0.6 is 0 Å². The molecule has 1 aromatic rings. The molecule has 0 N–H and O–H groups in total. The van der Waals surface area contributed by atoms with Gasteiger partial charge in [0.2, 0.25) is 0 Å². The lowest BCUT2D eigenvalue weighted by atomic mass is 10.2. The zero-order valence-electron chi connectivity index (χ0n) is 8.77. The summed E-state index contributed by atoms with van der Waals surface area (Å²) in [6, 6.07) is 2.78. The van der Waals surface area contributed by atoms with Crippen LogP contribution in [0.2, 0.25) is 0 Å². The van der Waals surface area contributed by atoms with E-state index in [-0.39, 0.29) is 5.69 Å². The number of non-ortho nitro benzene ring substituents is 1. The summed E-state index contributed by atoms with van der Waals surface area (Å²) in [7, 11) is 0. The number of hydrogen-bond acceptors (Lipinski definition) is 4. The Morgan fingerprint density at radius 2 is 2.12 bits per heavy atom. The Morgan fingerprint density at radius 3 is 2.62 bits per heavy atom. The summed E-state index contributed by atoms with van der Waals surface area (Å²) in [6.45, 7) is 3.16. The average Bonchev–Trinajstić information content (AvgIpc) is 2.20. The number of ether oxygens (including phenoxy) is 1. The third-order valence-corrected chi connectivity index (χ3v) is 1.81. The van der Waals surface area contributed by atoms with Gasteiger partial charge in [0.05, 0.1) is 16.9 Å². The van der Waals surface area contributed by atoms with Crippen molar-refractivity contribution < 1.29 is 18.8 Å². The van der Waals surface area contributed by atoms with Gasteiger partial charge in [-0.05, 0) is 6.07 Å². The molecule has 86 valence electrons. The summed E-state index contributed by atoms with van der Waals surface area (Å²) in [5, 5.41) is 10.4. The van der Waals surface area contributed by atoms with Gasteiger partial charge in [-0.25, -0.2) is 4.39 Å². The Kier molecular flexibility index (Phi) is 3.55. The van der Waals surface area contributed by atoms with Crippen LogP contribution in [0.25, 0.3) is 0 Å². The van der Waals surface area contributed by atoms with E-state index in [0.29, 0.717) is 0 Å². The molecule has 0 amide bonds. The van der Waals surface area contributed by atoms with Crippen molar-refractivity contribution in [3.63, 3.8) is 0 Å². The fraction of sp³-hybridized carbons (Fsp3) is 0.300. The van der Waals surface area contributed by atoms with Crippen molar-refractivity contribution in [3.05, 3.63) is 34.1 Å². The smallest absolute Gasteiger partial charge is 0.313 e. The third kappa shape index (κ3) is 2.75. The van der Waals surface area contributed by atoms with Gasteiger partial charge in [0.25, 0.3) is 5.69 Å². The molecule has 1 aromatic carbocycles. The van der Waals surface area contributed by atoms with Crippen molar-refractivity contribution >= 4 is 11.7 Å². The van der Waals surface area contributed by atoms with Gasteiger partial charge in [0.15, 0.2) is 11.6 Å². The molecule has 0 aliphatic carbocycles. The highest BCUT2D eigenvalue weighted by molar-refractivity contribution is 5.74. The van der Waals surface area contributed by atoms with E-state index in [1.54, 1.807) is 13.8 Å². The topological polar surface area (TPSA) is 69.4 Å². The summed E-state index contributed by atoms with van der Waals surface area (Å²) in [6.07, 6.45) is 0. The number of nitro groups is 1. The minimum atomic E-state index is -0.806. The maximum Gasteiger partial charge on any atom is 0.313 e. The molecule has 5 nitrogen and oxygen atoms in total. The van der Waals surface area contributed by atoms with Crippen LogP contribution in [0, 0.1) is 21.8 Å². The third-order valence-electron chi connectivity index (χ3n) is 1.81. The number of nitro benzene ring substituents is 1. The van der Waals surface area contributed by atoms with E-state index in [1.165, 1.54) is 0 Å². The van der Waals surface area contributed by atoms with Crippen LogP contribution < -0.4 is 4.74 Å². The molecule has 0 heterocycles. The summed E-state index contributed by atoms with van der Waals surface area (Å²) in [4.78, 5) is 20.9. The highest BCUT2D eigenvalue weighted by Gasteiger charge is 2.16. The van der Waals surface area contributed by atoms with Crippen LogP contribution in [0.1, 0.15) is 13.8 Å². The molecule has 0 aliphatic heterocycles. The molecule has 6 heteroatoms. The van der Waals surface area contributed by atoms with Crippen molar-refractivity contribution in [1.82, 2.24) is 0 Å². The fourth-order valence-corrected chi connectivity index (χ4v) is 0.910. The molecule has 0 fully saturated rings. The van der Waals surface area contributed by atoms with Crippen molar-refractivity contribution in [2.24, 2.45) is 5.92 Å². The monoisotopic (exact) mass is 227 g/mol. The normalized spacial score (nSPS) is 10.2. The summed E-state index contributed by atoms with van der Waals surface area (Å²) >= 11 is 0. The van der Waals surface area contributed by atoms with Crippen LogP contribution in [0.4, 0.5) is 10.1 Å². The fourth-order valence-electron chi connectivity index (χ4n) is 0.910. The van der Waals surface area contributed by atoms with E-state index >= 15 is 0 Å². The van der Waals surface area contributed by atoms with Gasteiger partial charge in [-0.2, -0.15) is 0 Å². The molecule has 16 heavy (non-hydrogen) atoms. The second-order valence-electron chi connectivity index (χ2n) is 3.45. The first-order valence-corrected chi connectivity index (χ1v) is 4.57. The lowest BCUT2D eigenvalue weighted by molar-refractivity contribution is -0.385. The highest BCUT2D eigenvalue weighted by atomic mass is 19.1. The quantitative estimate of drug-likeness (QED) is 0.344. The number of halogens is 1. The molecule has 0 saturated carbocycles. The van der Waals surface area contributed by atoms with Crippen molar-refractivity contribution in [2.45, 2.75) is 13.8 Å². The largest absolute Gasteiger partial charge is 0.423 e. The molecule has 0 aliphatic rings. The maximum absolute atomic E-state index is 13.2. The summed E-state index contributed by atoms with van der Waals surface area (Å²) in [5.74, 6) is -2.30. The van der Waals surface area contributed by atoms with E-state index in [4.69, 9.17) is 0 Å². The predicted octanol–water partition coefficient (Wildman–Crippen LogP) is 2.30. The Labute approximate surface area is 91.0 Å². The lowest BCUT2D eigenvalue weighted by Crippen LogP contribution is -2.15. The van der Waals surface area contributed by atoms with Crippen molar-refractivity contribution in [1.29, 1.82) is 0 Å². The van der Waals surface area contributed by atoms with Crippen LogP contribution in [0.3, 0.4) is 0 Å². The van der Waals surface area contributed by atoms with E-state index in [1.807, 2.05) is 0 Å². The predicted molar refractivity (Wildman–Crippen MR) is 53.5 cm³/mol. The van der Waals surface area contributed by atoms with E-state index < -0.39 is 28.4 Å². The molecule has 0 radical (unpaired) electrons. The first kappa shape index (κ1) is 12.1. The molecule has 0 spiro atoms. The van der Waals surface area contributed by atoms with E-state index in [0.717, 1.165) is 18.2 Å². The van der Waals surface area contributed by atoms with Gasteiger partial charge in [0, 0.05) is 6.07 Å². The summed E-state index contributed by atoms with van der Waals surface area (Å²) < 4.78 is 17.8. The van der Waals surface area contributed by atoms with Crippen molar-refractivity contribution in [3.8, 4) is 5.75 Å². The Bertz CT molecular complexity index is 431. The first-order valence-electron chi connectivity index (χ1n) is 4.57. The zero-order chi connectivity index (χ0) is 12.3. The minimum absolute atomic E-state index is 0.326. The molecule has 1 rings (SSSR count). The van der Waals surface area contributed by atoms with Gasteiger partial charge >= 0.3 is 5.97 Å². The van der Waals surface area contributed by atoms with Crippen LogP contribution in [0.15, 0.2) is 18.2 Å². The summed E-state index contributed by atoms with van der Waals surface area (Å²) in [5.41, 5.74) is -0.326. The number of esters is 1. The molecule has 0 bridgehead atoms. The second-order valence-corrected chi connectivity index (χ2v) is 3.45. The number of benzene rings is 1. The molecule has 0 saturated heterocycles. The number of rotatable bonds is 3. The average molecular weight is 227 g/mol. The SMILES string of the molecule is CC(C)C(=O)Oc1cc([N+](=O)[O-])ccc1F. The lowest BCUT2D eigenvalue weighted by Gasteiger charge is -2.06. The van der Waals surface area contributed by atoms with Gasteiger partial charge < -0.3 is 4.74 Å². The number of carbonyl (C=O) groups excluding carboxylic acids is 1. The minimum Gasteiger partial charge on any atom is -0.423 e. The number of hydrogen-bond donors (Lipinski definition) is 0. The van der Waals surface area contributed by atoms with Gasteiger partial charge in [-0.3, -0.25) is 14.9 Å². The Hall–Kier alpha value is -1.98. The van der Waals surface area contributed by atoms with E-state index in [9.17, 15) is 19.3 Å². The Morgan fingerprint density at radius 1 is 1.50 bits per heavy atom. The van der Waals surface area contributed by atoms with Crippen molar-refractivity contribution in [2.75, 3.05) is 0 Å². The van der Waals surface area contributed by atoms with E-state index in [2.05, 4.69) is 4.74 Å². The number of carbonyl (C=O) groups is 1. The molecular weight excluding hydrogens is 217 g/mol. The molecule has 0 unspecified atom stereocenters. The van der Waals surface area contributed by atoms with Gasteiger partial charge in [-0.1, -0.05) is 13.8 Å². The zero-order valence-corrected chi connectivity index (χ0v) is 8.77. The standard InChI is InChI=1S/C10H10FNO4/c1-6(2)10(13)16-9-5-7(12(14)15)3-4-8(9)11/h3-6H,1-2H3. The van der Waals surface area contributed by atoms with Gasteiger partial charge in [-0.15, -0.1) is 0 Å². The van der Waals surface area contributed by atoms with Gasteiger partial charge in [0.1, 0.15) is 0 Å². The van der Waals surface area contributed by atoms with Crippen LogP contribution in [0.5, 0.6) is 5.75 Å². The first-order chi connectivity index (χ1) is 7.41. The maximum atomic E-state index is 13.2. The van der Waals surface area contributed by atoms with Crippen LogP contribution in [-0.2, 0) is 4.79 Å². The molecule has 0 atom stereocenters. The highest BCUT2D eigenvalue weighted by Crippen LogP contribution is 2.24. The number of nitrogens with zero attached hydrogens (tertiary/aromatic N) is 1. The second kappa shape index (κ2) is 4.69. The van der Waals surface area contributed by atoms with Crippen LogP contribution in [-0.4, -0.2) is 10.9 Å².